The molecule has 7 nitrogen and oxygen atoms in total. The highest BCUT2D eigenvalue weighted by atomic mass is 35.5. The van der Waals surface area contributed by atoms with Crippen molar-refractivity contribution < 1.29 is 13.2 Å². The van der Waals surface area contributed by atoms with Crippen LogP contribution in [-0.4, -0.2) is 69.8 Å². The van der Waals surface area contributed by atoms with Gasteiger partial charge in [-0.15, -0.1) is 0 Å². The minimum absolute atomic E-state index is 0.168. The largest absolute Gasteiger partial charge is 0.367 e. The molecule has 0 unspecified atom stereocenters. The lowest BCUT2D eigenvalue weighted by Crippen LogP contribution is -2.44. The Labute approximate surface area is 201 Å². The summed E-state index contributed by atoms with van der Waals surface area (Å²) in [5.74, 6) is -0.335. The van der Waals surface area contributed by atoms with Crippen molar-refractivity contribution in [3.63, 3.8) is 0 Å². The Morgan fingerprint density at radius 3 is 2.30 bits per heavy atom. The lowest BCUT2D eigenvalue weighted by Gasteiger charge is -2.35. The SMILES string of the molecule is CCN(CC)S(=O)(=O)c1ccc(N2CCN(C)CC2)c(NC(=O)/C=C/c2ccc(Cl)cc2)c1. The topological polar surface area (TPSA) is 73.0 Å². The van der Waals surface area contributed by atoms with Crippen molar-refractivity contribution in [2.24, 2.45) is 0 Å². The number of nitrogens with zero attached hydrogens (tertiary/aromatic N) is 3. The van der Waals surface area contributed by atoms with E-state index in [1.807, 2.05) is 26.0 Å². The predicted octanol–water partition coefficient (Wildman–Crippen LogP) is 3.77. The summed E-state index contributed by atoms with van der Waals surface area (Å²) in [5.41, 5.74) is 2.14. The number of hydrogen-bond donors (Lipinski definition) is 1. The highest BCUT2D eigenvalue weighted by Gasteiger charge is 2.25. The van der Waals surface area contributed by atoms with Gasteiger partial charge < -0.3 is 15.1 Å². The number of likely N-dealkylation sites (N-methyl/N-ethyl adjacent to an activating group) is 1. The summed E-state index contributed by atoms with van der Waals surface area (Å²) in [6.45, 7) is 7.75. The molecule has 1 saturated heterocycles. The second kappa shape index (κ2) is 11.2. The van der Waals surface area contributed by atoms with E-state index in [1.54, 1.807) is 36.4 Å². The van der Waals surface area contributed by atoms with Gasteiger partial charge in [0.1, 0.15) is 0 Å². The molecule has 2 aromatic carbocycles. The average molecular weight is 491 g/mol. The third-order valence-corrected chi connectivity index (χ3v) is 8.01. The monoisotopic (exact) mass is 490 g/mol. The van der Waals surface area contributed by atoms with Crippen molar-refractivity contribution in [1.82, 2.24) is 9.21 Å². The number of benzene rings is 2. The first-order valence-corrected chi connectivity index (χ1v) is 12.9. The van der Waals surface area contributed by atoms with Crippen LogP contribution < -0.4 is 10.2 Å². The molecule has 9 heteroatoms. The molecule has 0 bridgehead atoms. The van der Waals surface area contributed by atoms with Gasteiger partial charge in [-0.2, -0.15) is 4.31 Å². The van der Waals surface area contributed by atoms with Gasteiger partial charge in [0.25, 0.3) is 0 Å². The van der Waals surface area contributed by atoms with Crippen molar-refractivity contribution in [2.75, 3.05) is 56.5 Å². The molecule has 1 N–H and O–H groups in total. The number of hydrogen-bond acceptors (Lipinski definition) is 5. The quantitative estimate of drug-likeness (QED) is 0.570. The summed E-state index contributed by atoms with van der Waals surface area (Å²) in [5, 5.41) is 3.52. The summed E-state index contributed by atoms with van der Waals surface area (Å²) >= 11 is 5.91. The molecule has 1 aliphatic heterocycles. The number of piperazine rings is 1. The van der Waals surface area contributed by atoms with Crippen LogP contribution in [0.25, 0.3) is 6.08 Å². The molecule has 0 aliphatic carbocycles. The third-order valence-electron chi connectivity index (χ3n) is 5.71. The zero-order chi connectivity index (χ0) is 24.0. The molecule has 1 heterocycles. The summed E-state index contributed by atoms with van der Waals surface area (Å²) in [4.78, 5) is 17.3. The van der Waals surface area contributed by atoms with Crippen LogP contribution in [-0.2, 0) is 14.8 Å². The molecule has 33 heavy (non-hydrogen) atoms. The minimum Gasteiger partial charge on any atom is -0.367 e. The fourth-order valence-corrected chi connectivity index (χ4v) is 5.34. The van der Waals surface area contributed by atoms with Crippen LogP contribution in [0.1, 0.15) is 19.4 Å². The molecule has 1 aliphatic rings. The van der Waals surface area contributed by atoms with Crippen LogP contribution in [0, 0.1) is 0 Å². The van der Waals surface area contributed by atoms with E-state index in [9.17, 15) is 13.2 Å². The number of carbonyl (C=O) groups excluding carboxylic acids is 1. The first kappa shape index (κ1) is 25.2. The van der Waals surface area contributed by atoms with E-state index in [-0.39, 0.29) is 10.8 Å². The van der Waals surface area contributed by atoms with Crippen LogP contribution in [0.15, 0.2) is 53.4 Å². The first-order valence-electron chi connectivity index (χ1n) is 11.1. The Balaban J connectivity index is 1.91. The molecule has 0 atom stereocenters. The Kier molecular flexibility index (Phi) is 8.53. The van der Waals surface area contributed by atoms with E-state index in [2.05, 4.69) is 22.2 Å². The molecule has 1 amide bonds. The molecular formula is C24H31ClN4O3S. The highest BCUT2D eigenvalue weighted by Crippen LogP contribution is 2.31. The Hall–Kier alpha value is -2.39. The lowest BCUT2D eigenvalue weighted by atomic mass is 10.2. The fourth-order valence-electron chi connectivity index (χ4n) is 3.73. The molecular weight excluding hydrogens is 460 g/mol. The molecule has 0 spiro atoms. The number of carbonyl (C=O) groups is 1. The molecule has 0 saturated carbocycles. The number of anilines is 2. The van der Waals surface area contributed by atoms with Crippen LogP contribution in [0.2, 0.25) is 5.02 Å². The maximum Gasteiger partial charge on any atom is 0.248 e. The maximum absolute atomic E-state index is 13.1. The maximum atomic E-state index is 13.1. The van der Waals surface area contributed by atoms with Gasteiger partial charge in [0.05, 0.1) is 16.3 Å². The van der Waals surface area contributed by atoms with Crippen molar-refractivity contribution in [2.45, 2.75) is 18.7 Å². The van der Waals surface area contributed by atoms with E-state index in [1.165, 1.54) is 10.4 Å². The van der Waals surface area contributed by atoms with Gasteiger partial charge in [-0.1, -0.05) is 37.6 Å². The van der Waals surface area contributed by atoms with Gasteiger partial charge >= 0.3 is 0 Å². The number of sulfonamides is 1. The molecule has 1 fully saturated rings. The van der Waals surface area contributed by atoms with E-state index >= 15 is 0 Å². The first-order chi connectivity index (χ1) is 15.7. The number of halogens is 1. The van der Waals surface area contributed by atoms with Crippen molar-refractivity contribution in [1.29, 1.82) is 0 Å². The number of amides is 1. The zero-order valence-corrected chi connectivity index (χ0v) is 20.9. The van der Waals surface area contributed by atoms with Crippen molar-refractivity contribution >= 4 is 45.0 Å². The van der Waals surface area contributed by atoms with Gasteiger partial charge in [0.15, 0.2) is 0 Å². The molecule has 178 valence electrons. The van der Waals surface area contributed by atoms with Gasteiger partial charge in [0, 0.05) is 50.4 Å². The van der Waals surface area contributed by atoms with Gasteiger partial charge in [0.2, 0.25) is 15.9 Å². The van der Waals surface area contributed by atoms with Crippen LogP contribution in [0.5, 0.6) is 0 Å². The third kappa shape index (κ3) is 6.35. The second-order valence-electron chi connectivity index (χ2n) is 7.93. The van der Waals surface area contributed by atoms with Crippen molar-refractivity contribution in [3.05, 3.63) is 59.1 Å². The Morgan fingerprint density at radius 2 is 1.70 bits per heavy atom. The van der Waals surface area contributed by atoms with Crippen molar-refractivity contribution in [3.8, 4) is 0 Å². The van der Waals surface area contributed by atoms with Gasteiger partial charge in [-0.05, 0) is 49.0 Å². The molecule has 2 aromatic rings. The van der Waals surface area contributed by atoms with E-state index in [4.69, 9.17) is 11.6 Å². The summed E-state index contributed by atoms with van der Waals surface area (Å²) < 4.78 is 27.5. The number of nitrogens with one attached hydrogen (secondary N) is 1. The fraction of sp³-hybridized carbons (Fsp3) is 0.375. The van der Waals surface area contributed by atoms with Gasteiger partial charge in [-0.25, -0.2) is 8.42 Å². The highest BCUT2D eigenvalue weighted by molar-refractivity contribution is 7.89. The predicted molar refractivity (Wildman–Crippen MR) is 135 cm³/mol. The normalized spacial score (nSPS) is 15.4. The van der Waals surface area contributed by atoms with Crippen LogP contribution in [0.3, 0.4) is 0 Å². The summed E-state index contributed by atoms with van der Waals surface area (Å²) in [6.07, 6.45) is 3.13. The Morgan fingerprint density at radius 1 is 1.06 bits per heavy atom. The smallest absolute Gasteiger partial charge is 0.248 e. The Bertz CT molecular complexity index is 1090. The molecule has 3 rings (SSSR count). The summed E-state index contributed by atoms with van der Waals surface area (Å²) in [7, 11) is -1.58. The summed E-state index contributed by atoms with van der Waals surface area (Å²) in [6, 6.07) is 12.1. The van der Waals surface area contributed by atoms with E-state index < -0.39 is 10.0 Å². The standard InChI is InChI=1S/C24H31ClN4O3S/c1-4-29(5-2)33(31,32)21-11-12-23(28-16-14-27(3)15-17-28)22(18-21)26-24(30)13-8-19-6-9-20(25)10-7-19/h6-13,18H,4-5,14-17H2,1-3H3,(H,26,30)/b13-8+. The van der Waals surface area contributed by atoms with Gasteiger partial charge in [-0.3, -0.25) is 4.79 Å². The second-order valence-corrected chi connectivity index (χ2v) is 10.3. The number of rotatable bonds is 8. The van der Waals surface area contributed by atoms with Crippen LogP contribution in [0.4, 0.5) is 11.4 Å². The minimum atomic E-state index is -3.65. The van der Waals surface area contributed by atoms with E-state index in [0.717, 1.165) is 37.4 Å². The van der Waals surface area contributed by atoms with Crippen LogP contribution >= 0.6 is 11.6 Å². The molecule has 0 aromatic heterocycles. The zero-order valence-electron chi connectivity index (χ0n) is 19.3. The van der Waals surface area contributed by atoms with E-state index in [0.29, 0.717) is 23.8 Å². The lowest BCUT2D eigenvalue weighted by molar-refractivity contribution is -0.111. The average Bonchev–Trinajstić information content (AvgIpc) is 2.80. The molecule has 0 radical (unpaired) electrons.